The molecule has 1 N–H and O–H groups in total. The van der Waals surface area contributed by atoms with Crippen LogP contribution in [0, 0.1) is 5.92 Å². The maximum Gasteiger partial charge on any atom is 0.241 e. The maximum absolute atomic E-state index is 12.5. The summed E-state index contributed by atoms with van der Waals surface area (Å²) in [6.45, 7) is 10.2. The van der Waals surface area contributed by atoms with Gasteiger partial charge in [-0.05, 0) is 31.7 Å². The van der Waals surface area contributed by atoms with Gasteiger partial charge in [-0.15, -0.1) is 0 Å². The van der Waals surface area contributed by atoms with E-state index in [-0.39, 0.29) is 24.2 Å². The highest BCUT2D eigenvalue weighted by molar-refractivity contribution is 5.84. The topological polar surface area (TPSA) is 44.8 Å². The lowest BCUT2D eigenvalue weighted by molar-refractivity contribution is -0.134. The Kier molecular flexibility index (Phi) is 4.52. The standard InChI is InChI=1S/C16H29N3O2/c1-4-14-16(20)19(15(17-14)11(2)3)9-13-8-18-7-5-6-12(18)10-21-13/h11-15,17H,4-10H2,1-3H3. The van der Waals surface area contributed by atoms with Crippen molar-refractivity contribution < 1.29 is 9.53 Å². The van der Waals surface area contributed by atoms with Gasteiger partial charge in [0.15, 0.2) is 0 Å². The van der Waals surface area contributed by atoms with Crippen LogP contribution in [0.3, 0.4) is 0 Å². The second-order valence-electron chi connectivity index (χ2n) is 7.05. The van der Waals surface area contributed by atoms with Crippen molar-refractivity contribution in [2.75, 3.05) is 26.2 Å². The van der Waals surface area contributed by atoms with Gasteiger partial charge in [0.1, 0.15) is 0 Å². The van der Waals surface area contributed by atoms with E-state index < -0.39 is 0 Å². The Bertz CT molecular complexity index is 388. The van der Waals surface area contributed by atoms with Gasteiger partial charge in [0.05, 0.1) is 24.9 Å². The average Bonchev–Trinajstić information content (AvgIpc) is 3.04. The second kappa shape index (κ2) is 6.23. The van der Waals surface area contributed by atoms with Crippen LogP contribution in [0.4, 0.5) is 0 Å². The molecule has 0 aliphatic carbocycles. The molecule has 120 valence electrons. The highest BCUT2D eigenvalue weighted by atomic mass is 16.5. The Labute approximate surface area is 128 Å². The molecule has 3 aliphatic rings. The van der Waals surface area contributed by atoms with E-state index in [9.17, 15) is 4.79 Å². The van der Waals surface area contributed by atoms with Gasteiger partial charge in [0, 0.05) is 19.1 Å². The van der Waals surface area contributed by atoms with E-state index in [2.05, 4.69) is 31.0 Å². The van der Waals surface area contributed by atoms with Crippen molar-refractivity contribution in [1.29, 1.82) is 0 Å². The van der Waals surface area contributed by atoms with Crippen LogP contribution in [0.15, 0.2) is 0 Å². The van der Waals surface area contributed by atoms with Crippen LogP contribution in [0.5, 0.6) is 0 Å². The summed E-state index contributed by atoms with van der Waals surface area (Å²) in [6, 6.07) is 0.610. The minimum atomic E-state index is -0.0134. The van der Waals surface area contributed by atoms with Crippen LogP contribution in [-0.4, -0.2) is 66.3 Å². The van der Waals surface area contributed by atoms with Gasteiger partial charge in [-0.25, -0.2) is 0 Å². The van der Waals surface area contributed by atoms with Crippen molar-refractivity contribution >= 4 is 5.91 Å². The number of hydrogen-bond donors (Lipinski definition) is 1. The van der Waals surface area contributed by atoms with E-state index in [1.54, 1.807) is 0 Å². The van der Waals surface area contributed by atoms with Crippen molar-refractivity contribution in [2.45, 2.75) is 64.4 Å². The molecule has 3 fully saturated rings. The summed E-state index contributed by atoms with van der Waals surface area (Å²) < 4.78 is 6.04. The molecule has 4 atom stereocenters. The molecule has 0 aromatic heterocycles. The monoisotopic (exact) mass is 295 g/mol. The van der Waals surface area contributed by atoms with Crippen LogP contribution in [-0.2, 0) is 9.53 Å². The molecule has 0 radical (unpaired) electrons. The zero-order chi connectivity index (χ0) is 15.0. The third-order valence-electron chi connectivity index (χ3n) is 5.19. The summed E-state index contributed by atoms with van der Waals surface area (Å²) >= 11 is 0. The molecule has 0 spiro atoms. The molecule has 0 saturated carbocycles. The van der Waals surface area contributed by atoms with E-state index in [1.165, 1.54) is 19.4 Å². The van der Waals surface area contributed by atoms with Gasteiger partial charge >= 0.3 is 0 Å². The van der Waals surface area contributed by atoms with Gasteiger partial charge in [0.2, 0.25) is 5.91 Å². The largest absolute Gasteiger partial charge is 0.373 e. The Balaban J connectivity index is 1.63. The number of fused-ring (bicyclic) bond motifs is 1. The number of carbonyl (C=O) groups excluding carboxylic acids is 1. The van der Waals surface area contributed by atoms with Crippen molar-refractivity contribution in [3.8, 4) is 0 Å². The van der Waals surface area contributed by atoms with Gasteiger partial charge in [-0.2, -0.15) is 0 Å². The Hall–Kier alpha value is -0.650. The number of carbonyl (C=O) groups is 1. The fourth-order valence-corrected chi connectivity index (χ4v) is 3.97. The first-order chi connectivity index (χ1) is 10.1. The maximum atomic E-state index is 12.5. The lowest BCUT2D eigenvalue weighted by Gasteiger charge is -2.38. The number of amides is 1. The Morgan fingerprint density at radius 2 is 2.24 bits per heavy atom. The molecule has 5 heteroatoms. The fourth-order valence-electron chi connectivity index (χ4n) is 3.97. The van der Waals surface area contributed by atoms with Crippen molar-refractivity contribution in [1.82, 2.24) is 15.1 Å². The first-order valence-electron chi connectivity index (χ1n) is 8.52. The summed E-state index contributed by atoms with van der Waals surface area (Å²) in [5.41, 5.74) is 0. The molecular formula is C16H29N3O2. The lowest BCUT2D eigenvalue weighted by atomic mass is 10.1. The summed E-state index contributed by atoms with van der Waals surface area (Å²) in [5, 5.41) is 3.48. The SMILES string of the molecule is CCC1NC(C(C)C)N(CC2CN3CCCC3CO2)C1=O. The fraction of sp³-hybridized carbons (Fsp3) is 0.938. The highest BCUT2D eigenvalue weighted by Gasteiger charge is 2.41. The average molecular weight is 295 g/mol. The second-order valence-corrected chi connectivity index (χ2v) is 7.05. The van der Waals surface area contributed by atoms with Crippen LogP contribution in [0.2, 0.25) is 0 Å². The van der Waals surface area contributed by atoms with Gasteiger partial charge in [-0.3, -0.25) is 15.0 Å². The van der Waals surface area contributed by atoms with Crippen LogP contribution < -0.4 is 5.32 Å². The predicted molar refractivity (Wildman–Crippen MR) is 81.9 cm³/mol. The van der Waals surface area contributed by atoms with Gasteiger partial charge in [-0.1, -0.05) is 20.8 Å². The molecule has 3 heterocycles. The van der Waals surface area contributed by atoms with Crippen molar-refractivity contribution in [2.24, 2.45) is 5.92 Å². The first-order valence-corrected chi connectivity index (χ1v) is 8.52. The minimum Gasteiger partial charge on any atom is -0.373 e. The number of morpholine rings is 1. The lowest BCUT2D eigenvalue weighted by Crippen LogP contribution is -2.52. The molecule has 0 bridgehead atoms. The van der Waals surface area contributed by atoms with Crippen molar-refractivity contribution in [3.05, 3.63) is 0 Å². The first kappa shape index (κ1) is 15.3. The predicted octanol–water partition coefficient (Wildman–Crippen LogP) is 1.04. The molecule has 3 rings (SSSR count). The summed E-state index contributed by atoms with van der Waals surface area (Å²) in [6.07, 6.45) is 3.74. The van der Waals surface area contributed by atoms with E-state index in [0.717, 1.165) is 26.1 Å². The van der Waals surface area contributed by atoms with Crippen LogP contribution in [0.1, 0.15) is 40.0 Å². The van der Waals surface area contributed by atoms with E-state index in [4.69, 9.17) is 4.74 Å². The van der Waals surface area contributed by atoms with E-state index in [1.807, 2.05) is 4.90 Å². The number of ether oxygens (including phenoxy) is 1. The number of hydrogen-bond acceptors (Lipinski definition) is 4. The smallest absolute Gasteiger partial charge is 0.241 e. The zero-order valence-electron chi connectivity index (χ0n) is 13.5. The van der Waals surface area contributed by atoms with Crippen molar-refractivity contribution in [3.63, 3.8) is 0 Å². The molecule has 0 aromatic carbocycles. The molecule has 3 aliphatic heterocycles. The quantitative estimate of drug-likeness (QED) is 0.842. The molecule has 4 unspecified atom stereocenters. The molecular weight excluding hydrogens is 266 g/mol. The number of rotatable bonds is 4. The van der Waals surface area contributed by atoms with Gasteiger partial charge in [0.25, 0.3) is 0 Å². The summed E-state index contributed by atoms with van der Waals surface area (Å²) in [7, 11) is 0. The highest BCUT2D eigenvalue weighted by Crippen LogP contribution is 2.25. The minimum absolute atomic E-state index is 0.0134. The zero-order valence-corrected chi connectivity index (χ0v) is 13.5. The third kappa shape index (κ3) is 2.96. The summed E-state index contributed by atoms with van der Waals surface area (Å²) in [5.74, 6) is 0.678. The molecule has 3 saturated heterocycles. The summed E-state index contributed by atoms with van der Waals surface area (Å²) in [4.78, 5) is 17.1. The van der Waals surface area contributed by atoms with Crippen LogP contribution in [0.25, 0.3) is 0 Å². The van der Waals surface area contributed by atoms with E-state index >= 15 is 0 Å². The Morgan fingerprint density at radius 3 is 2.95 bits per heavy atom. The Morgan fingerprint density at radius 1 is 1.43 bits per heavy atom. The number of nitrogens with one attached hydrogen (secondary N) is 1. The van der Waals surface area contributed by atoms with E-state index in [0.29, 0.717) is 12.0 Å². The third-order valence-corrected chi connectivity index (χ3v) is 5.19. The molecule has 1 amide bonds. The van der Waals surface area contributed by atoms with Gasteiger partial charge < -0.3 is 9.64 Å². The molecule has 21 heavy (non-hydrogen) atoms. The number of nitrogens with zero attached hydrogens (tertiary/aromatic N) is 2. The van der Waals surface area contributed by atoms with Crippen LogP contribution >= 0.6 is 0 Å². The molecule has 0 aromatic rings. The molecule has 5 nitrogen and oxygen atoms in total. The normalized spacial score (nSPS) is 37.5.